The zero-order chi connectivity index (χ0) is 46.4. The Balaban J connectivity index is 0.000000146. The number of ether oxygens (including phenoxy) is 3. The van der Waals surface area contributed by atoms with Gasteiger partial charge in [0.25, 0.3) is 10.1 Å². The second-order valence-electron chi connectivity index (χ2n) is 20.5. The Labute approximate surface area is 392 Å². The third-order valence-electron chi connectivity index (χ3n) is 15.4. The highest BCUT2D eigenvalue weighted by atomic mass is 32.2. The molecule has 0 aromatic heterocycles. The predicted octanol–water partition coefficient (Wildman–Crippen LogP) is 10.6. The molecule has 6 aliphatic rings. The number of carboxylic acid groups (broad SMARTS) is 1. The zero-order valence-electron chi connectivity index (χ0n) is 39.5. The summed E-state index contributed by atoms with van der Waals surface area (Å²) in [4.78, 5) is 25.2. The van der Waals surface area contributed by atoms with E-state index in [1.165, 1.54) is 62.0 Å². The van der Waals surface area contributed by atoms with Crippen LogP contribution in [0.2, 0.25) is 0 Å². The van der Waals surface area contributed by atoms with E-state index in [9.17, 15) is 23.1 Å². The molecule has 358 valence electrons. The molecule has 10 rings (SSSR count). The zero-order valence-corrected chi connectivity index (χ0v) is 40.3. The van der Waals surface area contributed by atoms with Gasteiger partial charge in [0.05, 0.1) is 44.0 Å². The number of benzene rings is 4. The van der Waals surface area contributed by atoms with Gasteiger partial charge in [-0.15, -0.1) is 0 Å². The molecule has 0 spiro atoms. The Morgan fingerprint density at radius 1 is 0.652 bits per heavy atom. The smallest absolute Gasteiger partial charge is 0.308 e. The van der Waals surface area contributed by atoms with Crippen LogP contribution in [0.15, 0.2) is 72.8 Å². The minimum Gasteiger partial charge on any atom is -0.490 e. The number of carbonyl (C=O) groups is 2. The van der Waals surface area contributed by atoms with Crippen molar-refractivity contribution in [2.24, 2.45) is 23.7 Å². The van der Waals surface area contributed by atoms with Gasteiger partial charge in [-0.3, -0.25) is 18.7 Å². The third-order valence-corrected chi connectivity index (χ3v) is 15.9. The second-order valence-corrected chi connectivity index (χ2v) is 22.1. The van der Waals surface area contributed by atoms with Gasteiger partial charge in [-0.2, -0.15) is 8.42 Å². The van der Waals surface area contributed by atoms with Crippen molar-refractivity contribution in [3.63, 3.8) is 0 Å². The highest BCUT2D eigenvalue weighted by Gasteiger charge is 2.43. The van der Waals surface area contributed by atoms with Gasteiger partial charge in [-0.05, 0) is 161 Å². The van der Waals surface area contributed by atoms with Crippen LogP contribution >= 0.6 is 0 Å². The van der Waals surface area contributed by atoms with Crippen LogP contribution in [0, 0.1) is 23.7 Å². The summed E-state index contributed by atoms with van der Waals surface area (Å²) in [7, 11) is -1.95. The highest BCUT2D eigenvalue weighted by molar-refractivity contribution is 7.85. The minimum absolute atomic E-state index is 0.0200. The summed E-state index contributed by atoms with van der Waals surface area (Å²) in [6.07, 6.45) is 19.5. The fourth-order valence-electron chi connectivity index (χ4n) is 11.6. The number of methoxy groups -OCH3 is 1. The molecule has 4 atom stereocenters. The molecular formula is C54H72N2O9S. The molecule has 66 heavy (non-hydrogen) atoms. The van der Waals surface area contributed by atoms with Crippen molar-refractivity contribution in [1.29, 1.82) is 0 Å². The summed E-state index contributed by atoms with van der Waals surface area (Å²) in [6.45, 7) is 5.61. The topological polar surface area (TPSA) is 141 Å². The summed E-state index contributed by atoms with van der Waals surface area (Å²) in [6, 6.07) is 27.0. The van der Waals surface area contributed by atoms with E-state index < -0.39 is 16.1 Å². The number of hydrogen-bond donors (Lipinski definition) is 2. The third kappa shape index (κ3) is 12.6. The maximum absolute atomic E-state index is 11.4. The average molecular weight is 925 g/mol. The summed E-state index contributed by atoms with van der Waals surface area (Å²) in [5.74, 6) is 2.92. The maximum atomic E-state index is 11.4. The molecular weight excluding hydrogens is 853 g/mol. The standard InChI is InChI=1S/C26H33NO3.C19H24O4S.C9H15NO2/c1-17-5-10-23(11-6-17)30-25-4-2-3-19-13-18(7-12-24(19)25)16-27-21-8-9-22(27)15-20(14-21)26(28)29;1-14-6-9-17(10-7-14)23-19-5-3-4-16-12-15(8-11-18(16)19)13-22-24(2,20)21;1-12-9(11)6-4-7-2-3-8(5-6)10-7/h2-4,7,12-13,17,20-23H,5-6,8-11,14-16H2,1H3,(H,28,29);3-5,8,11-12,14,17H,6-7,9-10,13H2,1-2H3;6-8,10H,2-5H2,1H3. The van der Waals surface area contributed by atoms with Crippen LogP contribution in [0.1, 0.15) is 128 Å². The van der Waals surface area contributed by atoms with Crippen molar-refractivity contribution in [2.45, 2.75) is 166 Å². The molecule has 4 aliphatic heterocycles. The maximum Gasteiger partial charge on any atom is 0.308 e. The highest BCUT2D eigenvalue weighted by Crippen LogP contribution is 2.41. The number of nitrogens with one attached hydrogen (secondary N) is 1. The molecule has 4 heterocycles. The molecule has 2 N–H and O–H groups in total. The quantitative estimate of drug-likeness (QED) is 0.110. The number of carbonyl (C=O) groups excluding carboxylic acids is 1. The Bertz CT molecular complexity index is 2370. The van der Waals surface area contributed by atoms with Crippen LogP contribution in [-0.4, -0.2) is 80.1 Å². The fraction of sp³-hybridized carbons (Fsp3) is 0.593. The van der Waals surface area contributed by atoms with Crippen molar-refractivity contribution in [3.8, 4) is 11.5 Å². The van der Waals surface area contributed by atoms with Crippen LogP contribution in [0.3, 0.4) is 0 Å². The lowest BCUT2D eigenvalue weighted by Gasteiger charge is -2.37. The molecule has 11 nitrogen and oxygen atoms in total. The first-order chi connectivity index (χ1) is 31.8. The molecule has 6 fully saturated rings. The number of nitrogens with zero attached hydrogens (tertiary/aromatic N) is 1. The van der Waals surface area contributed by atoms with Gasteiger partial charge in [-0.1, -0.05) is 62.4 Å². The second kappa shape index (κ2) is 21.8. The minimum atomic E-state index is -3.43. The number of hydrogen-bond acceptors (Lipinski definition) is 10. The van der Waals surface area contributed by atoms with E-state index in [0.29, 0.717) is 36.4 Å². The molecule has 2 aliphatic carbocycles. The van der Waals surface area contributed by atoms with Crippen molar-refractivity contribution in [1.82, 2.24) is 10.2 Å². The SMILES string of the molecule is CC1CCC(Oc2cccc3cc(CN4C5CCC4CC(C(=O)O)C5)ccc23)CC1.CC1CCC(Oc2cccc3cc(COS(C)(=O)=O)ccc23)CC1.COC(=O)C1CC2CCC(C1)N2. The summed E-state index contributed by atoms with van der Waals surface area (Å²) >= 11 is 0. The Morgan fingerprint density at radius 2 is 1.15 bits per heavy atom. The van der Waals surface area contributed by atoms with Crippen molar-refractivity contribution < 1.29 is 41.5 Å². The van der Waals surface area contributed by atoms with Gasteiger partial charge in [0.15, 0.2) is 0 Å². The van der Waals surface area contributed by atoms with Crippen LogP contribution in [-0.2, 0) is 41.8 Å². The number of carboxylic acids is 1. The first-order valence-electron chi connectivity index (χ1n) is 24.8. The molecule has 4 bridgehead atoms. The van der Waals surface area contributed by atoms with Gasteiger partial charge in [0.2, 0.25) is 0 Å². The molecule has 4 aromatic rings. The number of fused-ring (bicyclic) bond motifs is 6. The lowest BCUT2D eigenvalue weighted by Crippen LogP contribution is -2.44. The lowest BCUT2D eigenvalue weighted by molar-refractivity contribution is -0.147. The average Bonchev–Trinajstić information content (AvgIpc) is 3.75. The molecule has 4 aromatic carbocycles. The van der Waals surface area contributed by atoms with Gasteiger partial charge in [0.1, 0.15) is 11.5 Å². The van der Waals surface area contributed by atoms with Crippen LogP contribution in [0.4, 0.5) is 0 Å². The lowest BCUT2D eigenvalue weighted by atomic mass is 9.89. The number of aliphatic carboxylic acids is 1. The van der Waals surface area contributed by atoms with Gasteiger partial charge >= 0.3 is 11.9 Å². The Hall–Kier alpha value is -4.23. The number of piperidine rings is 2. The van der Waals surface area contributed by atoms with Crippen LogP contribution in [0.25, 0.3) is 21.5 Å². The summed E-state index contributed by atoms with van der Waals surface area (Å²) in [5, 5.41) is 17.4. The van der Waals surface area contributed by atoms with E-state index in [0.717, 1.165) is 117 Å². The van der Waals surface area contributed by atoms with E-state index in [1.807, 2.05) is 36.4 Å². The first-order valence-corrected chi connectivity index (χ1v) is 26.6. The Morgan fingerprint density at radius 3 is 1.64 bits per heavy atom. The molecule has 2 saturated carbocycles. The van der Waals surface area contributed by atoms with E-state index >= 15 is 0 Å². The molecule has 0 amide bonds. The van der Waals surface area contributed by atoms with E-state index in [2.05, 4.69) is 60.5 Å². The largest absolute Gasteiger partial charge is 0.490 e. The fourth-order valence-corrected chi connectivity index (χ4v) is 11.9. The first kappa shape index (κ1) is 48.2. The van der Waals surface area contributed by atoms with Crippen LogP contribution in [0.5, 0.6) is 11.5 Å². The number of rotatable bonds is 11. The predicted molar refractivity (Wildman–Crippen MR) is 259 cm³/mol. The monoisotopic (exact) mass is 924 g/mol. The van der Waals surface area contributed by atoms with Crippen molar-refractivity contribution in [3.05, 3.63) is 83.9 Å². The van der Waals surface area contributed by atoms with Crippen molar-refractivity contribution in [2.75, 3.05) is 13.4 Å². The molecule has 12 heteroatoms. The molecule has 4 unspecified atom stereocenters. The molecule has 0 radical (unpaired) electrons. The van der Waals surface area contributed by atoms with E-state index in [-0.39, 0.29) is 24.4 Å². The van der Waals surface area contributed by atoms with Gasteiger partial charge < -0.3 is 24.6 Å². The van der Waals surface area contributed by atoms with Crippen molar-refractivity contribution >= 4 is 43.6 Å². The van der Waals surface area contributed by atoms with Gasteiger partial charge in [-0.25, -0.2) is 0 Å². The van der Waals surface area contributed by atoms with E-state index in [4.69, 9.17) is 18.4 Å². The van der Waals surface area contributed by atoms with E-state index in [1.54, 1.807) is 0 Å². The molecule has 4 saturated heterocycles. The Kier molecular flexibility index (Phi) is 15.9. The number of esters is 1. The summed E-state index contributed by atoms with van der Waals surface area (Å²) in [5.41, 5.74) is 2.15. The summed E-state index contributed by atoms with van der Waals surface area (Å²) < 4.78 is 44.5. The normalized spacial score (nSPS) is 29.5. The van der Waals surface area contributed by atoms with Crippen LogP contribution < -0.4 is 14.8 Å². The van der Waals surface area contributed by atoms with Gasteiger partial charge in [0, 0.05) is 41.5 Å².